The van der Waals surface area contributed by atoms with E-state index in [4.69, 9.17) is 21.1 Å². The largest absolute Gasteiger partial charge is 0.467 e. The minimum atomic E-state index is -0.404. The van der Waals surface area contributed by atoms with Gasteiger partial charge in [0.25, 0.3) is 5.69 Å². The highest BCUT2D eigenvalue weighted by molar-refractivity contribution is 7.98. The van der Waals surface area contributed by atoms with Crippen molar-refractivity contribution in [1.82, 2.24) is 0 Å². The predicted molar refractivity (Wildman–Crippen MR) is 84.4 cm³/mol. The summed E-state index contributed by atoms with van der Waals surface area (Å²) in [5.41, 5.74) is 1.52. The zero-order valence-electron chi connectivity index (χ0n) is 11.5. The minimum Gasteiger partial charge on any atom is -0.467 e. The summed E-state index contributed by atoms with van der Waals surface area (Å²) in [6, 6.07) is 10.5. The molecular weight excluding hydrogens is 326 g/mol. The highest BCUT2D eigenvalue weighted by Gasteiger charge is 2.21. The second-order valence-corrected chi connectivity index (χ2v) is 6.10. The van der Waals surface area contributed by atoms with Gasteiger partial charge in [-0.25, -0.2) is 0 Å². The number of thioether (sulfide) groups is 1. The number of nitro groups is 1. The van der Waals surface area contributed by atoms with E-state index in [1.165, 1.54) is 17.8 Å². The van der Waals surface area contributed by atoms with Crippen molar-refractivity contribution in [2.45, 2.75) is 17.3 Å². The predicted octanol–water partition coefficient (Wildman–Crippen LogP) is 4.41. The van der Waals surface area contributed by atoms with Crippen LogP contribution in [0.25, 0.3) is 0 Å². The van der Waals surface area contributed by atoms with Gasteiger partial charge in [0.05, 0.1) is 16.6 Å². The molecule has 0 amide bonds. The van der Waals surface area contributed by atoms with Crippen molar-refractivity contribution in [2.75, 3.05) is 6.79 Å². The van der Waals surface area contributed by atoms with Crippen LogP contribution in [0.3, 0.4) is 0 Å². The van der Waals surface area contributed by atoms with Gasteiger partial charge in [0.15, 0.2) is 6.79 Å². The summed E-state index contributed by atoms with van der Waals surface area (Å²) in [7, 11) is 0. The molecule has 0 saturated carbocycles. The van der Waals surface area contributed by atoms with Gasteiger partial charge in [-0.3, -0.25) is 10.1 Å². The summed E-state index contributed by atoms with van der Waals surface area (Å²) < 4.78 is 10.7. The van der Waals surface area contributed by atoms with Crippen LogP contribution < -0.4 is 4.74 Å². The lowest BCUT2D eigenvalue weighted by atomic mass is 10.1. The van der Waals surface area contributed by atoms with E-state index in [1.54, 1.807) is 6.07 Å². The summed E-state index contributed by atoms with van der Waals surface area (Å²) in [4.78, 5) is 11.6. The van der Waals surface area contributed by atoms with Crippen LogP contribution in [0.5, 0.6) is 5.75 Å². The molecule has 0 bridgehead atoms. The highest BCUT2D eigenvalue weighted by atomic mass is 35.5. The zero-order chi connectivity index (χ0) is 15.5. The molecule has 7 heteroatoms. The second-order valence-electron chi connectivity index (χ2n) is 4.68. The first kappa shape index (κ1) is 15.1. The molecular formula is C15H12ClNO4S. The van der Waals surface area contributed by atoms with Crippen LogP contribution in [0.2, 0.25) is 5.02 Å². The van der Waals surface area contributed by atoms with Gasteiger partial charge in [-0.1, -0.05) is 23.7 Å². The molecule has 0 saturated heterocycles. The third-order valence-electron chi connectivity index (χ3n) is 3.20. The second kappa shape index (κ2) is 6.56. The van der Waals surface area contributed by atoms with E-state index in [0.29, 0.717) is 28.7 Å². The lowest BCUT2D eigenvalue weighted by molar-refractivity contribution is -0.385. The van der Waals surface area contributed by atoms with E-state index in [2.05, 4.69) is 0 Å². The van der Waals surface area contributed by atoms with E-state index in [9.17, 15) is 10.1 Å². The molecule has 0 fully saturated rings. The van der Waals surface area contributed by atoms with Crippen LogP contribution in [0.1, 0.15) is 11.1 Å². The Balaban J connectivity index is 1.90. The molecule has 2 aromatic rings. The fourth-order valence-electron chi connectivity index (χ4n) is 2.21. The quantitative estimate of drug-likeness (QED) is 0.470. The maximum atomic E-state index is 11.1. The lowest BCUT2D eigenvalue weighted by Crippen LogP contribution is -2.13. The van der Waals surface area contributed by atoms with Gasteiger partial charge in [0.1, 0.15) is 5.75 Å². The number of hydrogen-bond acceptors (Lipinski definition) is 5. The maximum absolute atomic E-state index is 11.1. The summed E-state index contributed by atoms with van der Waals surface area (Å²) in [6.45, 7) is 0.481. The molecule has 114 valence electrons. The van der Waals surface area contributed by atoms with Crippen molar-refractivity contribution in [2.24, 2.45) is 0 Å². The third kappa shape index (κ3) is 3.19. The van der Waals surface area contributed by atoms with Crippen LogP contribution in [0.15, 0.2) is 41.3 Å². The standard InChI is InChI=1S/C15H12ClNO4S/c16-13-3-1-2-4-14(13)22-8-11-6-12(17(18)19)5-10-7-20-9-21-15(10)11/h1-6H,7-9H2. The topological polar surface area (TPSA) is 61.6 Å². The summed E-state index contributed by atoms with van der Waals surface area (Å²) >= 11 is 7.65. The average molecular weight is 338 g/mol. The number of nitrogens with zero attached hydrogens (tertiary/aromatic N) is 1. The summed E-state index contributed by atoms with van der Waals surface area (Å²) in [6.07, 6.45) is 0. The van der Waals surface area contributed by atoms with Crippen LogP contribution in [0.4, 0.5) is 5.69 Å². The van der Waals surface area contributed by atoms with Gasteiger partial charge >= 0.3 is 0 Å². The normalized spacial score (nSPS) is 13.3. The number of benzene rings is 2. The molecule has 0 atom stereocenters. The Morgan fingerprint density at radius 3 is 2.91 bits per heavy atom. The molecule has 0 aromatic heterocycles. The molecule has 3 rings (SSSR count). The lowest BCUT2D eigenvalue weighted by Gasteiger charge is -2.20. The number of fused-ring (bicyclic) bond motifs is 1. The van der Waals surface area contributed by atoms with Crippen molar-refractivity contribution in [1.29, 1.82) is 0 Å². The van der Waals surface area contributed by atoms with Gasteiger partial charge in [0.2, 0.25) is 0 Å². The van der Waals surface area contributed by atoms with E-state index in [1.807, 2.05) is 24.3 Å². The number of nitro benzene ring substituents is 1. The Hall–Kier alpha value is -1.76. The van der Waals surface area contributed by atoms with Crippen molar-refractivity contribution in [3.8, 4) is 5.75 Å². The van der Waals surface area contributed by atoms with Gasteiger partial charge in [0, 0.05) is 33.9 Å². The Bertz CT molecular complexity index is 723. The summed E-state index contributed by atoms with van der Waals surface area (Å²) in [5.74, 6) is 1.21. The first-order valence-corrected chi connectivity index (χ1v) is 7.89. The molecule has 0 unspecified atom stereocenters. The van der Waals surface area contributed by atoms with E-state index >= 15 is 0 Å². The Kier molecular flexibility index (Phi) is 4.52. The number of rotatable bonds is 4. The van der Waals surface area contributed by atoms with Crippen LogP contribution in [-0.4, -0.2) is 11.7 Å². The Morgan fingerprint density at radius 2 is 2.14 bits per heavy atom. The smallest absolute Gasteiger partial charge is 0.270 e. The summed E-state index contributed by atoms with van der Waals surface area (Å²) in [5, 5.41) is 11.7. The minimum absolute atomic E-state index is 0.0441. The van der Waals surface area contributed by atoms with E-state index < -0.39 is 4.92 Å². The molecule has 0 aliphatic carbocycles. The average Bonchev–Trinajstić information content (AvgIpc) is 2.53. The monoisotopic (exact) mass is 337 g/mol. The van der Waals surface area contributed by atoms with Gasteiger partial charge < -0.3 is 9.47 Å². The fourth-order valence-corrected chi connectivity index (χ4v) is 3.42. The van der Waals surface area contributed by atoms with Crippen LogP contribution in [-0.2, 0) is 17.1 Å². The Morgan fingerprint density at radius 1 is 1.32 bits per heavy atom. The molecule has 1 aliphatic heterocycles. The first-order valence-electron chi connectivity index (χ1n) is 6.53. The first-order chi connectivity index (χ1) is 10.6. The Labute approximate surface area is 136 Å². The van der Waals surface area contributed by atoms with Crippen molar-refractivity contribution in [3.63, 3.8) is 0 Å². The molecule has 2 aromatic carbocycles. The van der Waals surface area contributed by atoms with Crippen LogP contribution in [0, 0.1) is 10.1 Å². The number of hydrogen-bond donors (Lipinski definition) is 0. The molecule has 0 spiro atoms. The van der Waals surface area contributed by atoms with Crippen LogP contribution >= 0.6 is 23.4 Å². The van der Waals surface area contributed by atoms with Crippen molar-refractivity contribution in [3.05, 3.63) is 62.7 Å². The van der Waals surface area contributed by atoms with Crippen molar-refractivity contribution < 1.29 is 14.4 Å². The van der Waals surface area contributed by atoms with Gasteiger partial charge in [-0.2, -0.15) is 0 Å². The fraction of sp³-hybridized carbons (Fsp3) is 0.200. The van der Waals surface area contributed by atoms with Gasteiger partial charge in [-0.05, 0) is 12.1 Å². The zero-order valence-corrected chi connectivity index (χ0v) is 13.0. The molecule has 0 radical (unpaired) electrons. The van der Waals surface area contributed by atoms with E-state index in [0.717, 1.165) is 10.5 Å². The number of halogens is 1. The third-order valence-corrected chi connectivity index (χ3v) is 4.77. The molecule has 22 heavy (non-hydrogen) atoms. The molecule has 1 heterocycles. The SMILES string of the molecule is O=[N+]([O-])c1cc2c(c(CSc3ccccc3Cl)c1)OCOC2. The maximum Gasteiger partial charge on any atom is 0.270 e. The molecule has 5 nitrogen and oxygen atoms in total. The van der Waals surface area contributed by atoms with Crippen molar-refractivity contribution >= 4 is 29.1 Å². The molecule has 1 aliphatic rings. The van der Waals surface area contributed by atoms with Gasteiger partial charge in [-0.15, -0.1) is 11.8 Å². The van der Waals surface area contributed by atoms with E-state index in [-0.39, 0.29) is 12.5 Å². The number of ether oxygens (including phenoxy) is 2. The highest BCUT2D eigenvalue weighted by Crippen LogP contribution is 2.37. The molecule has 0 N–H and O–H groups in total. The number of non-ortho nitro benzene ring substituents is 1.